The lowest BCUT2D eigenvalue weighted by atomic mass is 9.85. The van der Waals surface area contributed by atoms with Crippen LogP contribution in [0.1, 0.15) is 23.2 Å². The number of carbonyl (C=O) groups excluding carboxylic acids is 4. The predicted octanol–water partition coefficient (Wildman–Crippen LogP) is 2.95. The van der Waals surface area contributed by atoms with E-state index in [1.54, 1.807) is 36.4 Å². The number of imide groups is 1. The Kier molecular flexibility index (Phi) is 6.02. The van der Waals surface area contributed by atoms with E-state index in [1.165, 1.54) is 19.2 Å². The van der Waals surface area contributed by atoms with E-state index in [-0.39, 0.29) is 29.2 Å². The largest absolute Gasteiger partial charge is 0.497 e. The molecule has 8 nitrogen and oxygen atoms in total. The average molecular weight is 434 g/mol. The van der Waals surface area contributed by atoms with Crippen molar-refractivity contribution in [2.75, 3.05) is 23.9 Å². The topological polar surface area (TPSA) is 102 Å². The molecule has 1 fully saturated rings. The quantitative estimate of drug-likeness (QED) is 0.426. The van der Waals surface area contributed by atoms with Crippen molar-refractivity contribution in [2.45, 2.75) is 12.8 Å². The Hall–Kier alpha value is -3.94. The van der Waals surface area contributed by atoms with E-state index in [9.17, 15) is 19.2 Å². The number of anilines is 2. The van der Waals surface area contributed by atoms with Gasteiger partial charge in [0.1, 0.15) is 5.75 Å². The number of hydrogen-bond donors (Lipinski definition) is 1. The Labute approximate surface area is 184 Å². The third kappa shape index (κ3) is 4.25. The molecule has 0 unspecified atom stereocenters. The molecule has 0 spiro atoms. The highest BCUT2D eigenvalue weighted by molar-refractivity contribution is 6.22. The van der Waals surface area contributed by atoms with Crippen LogP contribution in [-0.2, 0) is 19.1 Å². The number of hydrogen-bond acceptors (Lipinski definition) is 6. The maximum atomic E-state index is 12.8. The molecular weight excluding hydrogens is 412 g/mol. The molecule has 2 atom stereocenters. The SMILES string of the molecule is COc1cccc(NC(=O)COC(=O)c2cccc(N3C(=O)[C@H]4CC=CC[C@@H]4C3=O)c2)c1. The summed E-state index contributed by atoms with van der Waals surface area (Å²) in [5.41, 5.74) is 0.976. The fourth-order valence-corrected chi connectivity index (χ4v) is 3.94. The average Bonchev–Trinajstić information content (AvgIpc) is 3.08. The normalized spacial score (nSPS) is 19.5. The molecule has 2 aromatic carbocycles. The molecular formula is C24H22N2O6. The molecule has 0 saturated carbocycles. The zero-order valence-corrected chi connectivity index (χ0v) is 17.4. The third-order valence-corrected chi connectivity index (χ3v) is 5.54. The van der Waals surface area contributed by atoms with Crippen LogP contribution in [0.2, 0.25) is 0 Å². The van der Waals surface area contributed by atoms with Crippen LogP contribution in [0.4, 0.5) is 11.4 Å². The lowest BCUT2D eigenvalue weighted by Crippen LogP contribution is -2.31. The number of fused-ring (bicyclic) bond motifs is 1. The summed E-state index contributed by atoms with van der Waals surface area (Å²) in [5.74, 6) is -1.89. The number of methoxy groups -OCH3 is 1. The minimum Gasteiger partial charge on any atom is -0.497 e. The van der Waals surface area contributed by atoms with E-state index < -0.39 is 18.5 Å². The summed E-state index contributed by atoms with van der Waals surface area (Å²) < 4.78 is 10.2. The number of ether oxygens (including phenoxy) is 2. The number of nitrogens with one attached hydrogen (secondary N) is 1. The fraction of sp³-hybridized carbons (Fsp3) is 0.250. The van der Waals surface area contributed by atoms with Gasteiger partial charge >= 0.3 is 5.97 Å². The van der Waals surface area contributed by atoms with Crippen molar-refractivity contribution in [2.24, 2.45) is 11.8 Å². The van der Waals surface area contributed by atoms with Gasteiger partial charge in [0.05, 0.1) is 30.2 Å². The smallest absolute Gasteiger partial charge is 0.338 e. The van der Waals surface area contributed by atoms with Crippen molar-refractivity contribution in [3.05, 3.63) is 66.2 Å². The van der Waals surface area contributed by atoms with Crippen LogP contribution in [0.25, 0.3) is 0 Å². The highest BCUT2D eigenvalue weighted by atomic mass is 16.5. The van der Waals surface area contributed by atoms with Crippen molar-refractivity contribution in [1.82, 2.24) is 0 Å². The van der Waals surface area contributed by atoms with E-state index in [1.807, 2.05) is 12.2 Å². The van der Waals surface area contributed by atoms with Gasteiger partial charge in [0.15, 0.2) is 6.61 Å². The summed E-state index contributed by atoms with van der Waals surface area (Å²) in [6, 6.07) is 12.9. The molecule has 8 heteroatoms. The number of benzene rings is 2. The molecule has 2 aromatic rings. The Balaban J connectivity index is 1.40. The predicted molar refractivity (Wildman–Crippen MR) is 116 cm³/mol. The Bertz CT molecular complexity index is 1080. The second-order valence-electron chi connectivity index (χ2n) is 7.57. The van der Waals surface area contributed by atoms with Crippen molar-refractivity contribution in [3.63, 3.8) is 0 Å². The minimum absolute atomic E-state index is 0.144. The van der Waals surface area contributed by atoms with Gasteiger partial charge in [0.25, 0.3) is 5.91 Å². The monoisotopic (exact) mass is 434 g/mol. The molecule has 1 N–H and O–H groups in total. The maximum Gasteiger partial charge on any atom is 0.338 e. The second-order valence-corrected chi connectivity index (χ2v) is 7.57. The first-order valence-corrected chi connectivity index (χ1v) is 10.2. The molecule has 1 heterocycles. The summed E-state index contributed by atoms with van der Waals surface area (Å²) >= 11 is 0. The molecule has 32 heavy (non-hydrogen) atoms. The summed E-state index contributed by atoms with van der Waals surface area (Å²) in [6.45, 7) is -0.488. The highest BCUT2D eigenvalue weighted by Gasteiger charge is 2.47. The van der Waals surface area contributed by atoms with E-state index in [2.05, 4.69) is 5.32 Å². The van der Waals surface area contributed by atoms with Crippen LogP contribution in [0.15, 0.2) is 60.7 Å². The van der Waals surface area contributed by atoms with Gasteiger partial charge in [0, 0.05) is 11.8 Å². The van der Waals surface area contributed by atoms with Gasteiger partial charge in [0.2, 0.25) is 11.8 Å². The number of esters is 1. The number of nitrogens with zero attached hydrogens (tertiary/aromatic N) is 1. The van der Waals surface area contributed by atoms with E-state index >= 15 is 0 Å². The first-order valence-electron chi connectivity index (χ1n) is 10.2. The third-order valence-electron chi connectivity index (χ3n) is 5.54. The molecule has 0 radical (unpaired) electrons. The molecule has 164 valence electrons. The van der Waals surface area contributed by atoms with Gasteiger partial charge in [-0.1, -0.05) is 24.3 Å². The number of rotatable bonds is 6. The van der Waals surface area contributed by atoms with Crippen LogP contribution >= 0.6 is 0 Å². The molecule has 4 rings (SSSR count). The van der Waals surface area contributed by atoms with Crippen LogP contribution < -0.4 is 15.0 Å². The molecule has 2 aliphatic rings. The van der Waals surface area contributed by atoms with E-state index in [0.29, 0.717) is 30.0 Å². The standard InChI is InChI=1S/C24H22N2O6/c1-31-18-9-5-7-16(13-18)25-21(27)14-32-24(30)15-6-4-8-17(12-15)26-22(28)19-10-2-3-11-20(19)23(26)29/h2-9,12-13,19-20H,10-11,14H2,1H3,(H,25,27)/t19-,20-/m0/s1. The maximum absolute atomic E-state index is 12.8. The molecule has 1 aliphatic carbocycles. The Morgan fingerprint density at radius 2 is 1.69 bits per heavy atom. The van der Waals surface area contributed by atoms with Crippen molar-refractivity contribution >= 4 is 35.1 Å². The van der Waals surface area contributed by atoms with Gasteiger partial charge in [-0.05, 0) is 43.2 Å². The Morgan fingerprint density at radius 3 is 2.38 bits per heavy atom. The zero-order valence-electron chi connectivity index (χ0n) is 17.4. The van der Waals surface area contributed by atoms with Crippen LogP contribution in [0.5, 0.6) is 5.75 Å². The van der Waals surface area contributed by atoms with Gasteiger partial charge in [-0.3, -0.25) is 19.3 Å². The first kappa shape index (κ1) is 21.3. The lowest BCUT2D eigenvalue weighted by Gasteiger charge is -2.15. The molecule has 1 saturated heterocycles. The molecule has 0 aromatic heterocycles. The summed E-state index contributed by atoms with van der Waals surface area (Å²) in [5, 5.41) is 2.62. The lowest BCUT2D eigenvalue weighted by molar-refractivity contribution is -0.122. The van der Waals surface area contributed by atoms with Crippen LogP contribution in [0, 0.1) is 11.8 Å². The summed E-state index contributed by atoms with van der Waals surface area (Å²) in [4.78, 5) is 51.3. The first-order chi connectivity index (χ1) is 15.5. The Morgan fingerprint density at radius 1 is 1.00 bits per heavy atom. The number of carbonyl (C=O) groups is 4. The van der Waals surface area contributed by atoms with Gasteiger partial charge in [-0.2, -0.15) is 0 Å². The van der Waals surface area contributed by atoms with Gasteiger partial charge in [-0.25, -0.2) is 4.79 Å². The molecule has 1 aliphatic heterocycles. The highest BCUT2D eigenvalue weighted by Crippen LogP contribution is 2.37. The zero-order chi connectivity index (χ0) is 22.7. The second kappa shape index (κ2) is 9.05. The fourth-order valence-electron chi connectivity index (χ4n) is 3.94. The van der Waals surface area contributed by atoms with E-state index in [0.717, 1.165) is 4.90 Å². The minimum atomic E-state index is -0.731. The van der Waals surface area contributed by atoms with E-state index in [4.69, 9.17) is 9.47 Å². The van der Waals surface area contributed by atoms with Crippen molar-refractivity contribution < 1.29 is 28.7 Å². The van der Waals surface area contributed by atoms with Crippen molar-refractivity contribution in [3.8, 4) is 5.75 Å². The molecule has 3 amide bonds. The summed E-state index contributed by atoms with van der Waals surface area (Å²) in [7, 11) is 1.52. The summed E-state index contributed by atoms with van der Waals surface area (Å²) in [6.07, 6.45) is 4.91. The van der Waals surface area contributed by atoms with Crippen LogP contribution in [-0.4, -0.2) is 37.4 Å². The van der Waals surface area contributed by atoms with Gasteiger partial charge < -0.3 is 14.8 Å². The van der Waals surface area contributed by atoms with Gasteiger partial charge in [-0.15, -0.1) is 0 Å². The molecule has 0 bridgehead atoms. The number of amides is 3. The van der Waals surface area contributed by atoms with Crippen molar-refractivity contribution in [1.29, 1.82) is 0 Å². The number of allylic oxidation sites excluding steroid dienone is 2. The van der Waals surface area contributed by atoms with Crippen LogP contribution in [0.3, 0.4) is 0 Å².